The van der Waals surface area contributed by atoms with Gasteiger partial charge in [-0.3, -0.25) is 0 Å². The maximum Gasteiger partial charge on any atom is 0.188 e. The second-order valence-corrected chi connectivity index (χ2v) is 15.9. The molecule has 3 aromatic heterocycles. The van der Waals surface area contributed by atoms with Crippen LogP contribution in [0.5, 0.6) is 0 Å². The molecule has 0 fully saturated rings. The zero-order valence-electron chi connectivity index (χ0n) is 35.1. The molecule has 63 heavy (non-hydrogen) atoms. The summed E-state index contributed by atoms with van der Waals surface area (Å²) >= 11 is 0. The predicted octanol–water partition coefficient (Wildman–Crippen LogP) is 14.4. The standard InChI is InChI=1S/C57H42N5.Pt/c1-39-17-14-18-40(2)56(39)43-33-34-58-55(35-43)62-51-28-11-10-25-49(51)50-32-31-46(37-54(50)62)61(45-24-15-23-44(36-45)60-38-59(3)52-29-12-13-30-53(52)60)57-47(41-19-6-4-7-20-41)26-16-27-48(57)42-21-8-5-9-22-42;/h4-35,38H,1-3H3;/q-1;. The molecule has 3 heterocycles. The molecule has 0 atom stereocenters. The van der Waals surface area contributed by atoms with E-state index in [-0.39, 0.29) is 21.1 Å². The van der Waals surface area contributed by atoms with Crippen LogP contribution in [0.1, 0.15) is 11.1 Å². The molecule has 0 spiro atoms. The summed E-state index contributed by atoms with van der Waals surface area (Å²) in [6.07, 6.45) is 4.06. The van der Waals surface area contributed by atoms with Gasteiger partial charge in [0, 0.05) is 68.8 Å². The second-order valence-electron chi connectivity index (χ2n) is 15.9. The van der Waals surface area contributed by atoms with E-state index in [1.807, 2.05) is 6.20 Å². The molecule has 6 heteroatoms. The Morgan fingerprint density at radius 2 is 1.13 bits per heavy atom. The first-order chi connectivity index (χ1) is 30.5. The van der Waals surface area contributed by atoms with Gasteiger partial charge in [0.2, 0.25) is 0 Å². The minimum Gasteiger partial charge on any atom is -0.357 e. The number of imidazole rings is 1. The van der Waals surface area contributed by atoms with Gasteiger partial charge >= 0.3 is 0 Å². The van der Waals surface area contributed by atoms with Gasteiger partial charge in [0.15, 0.2) is 17.4 Å². The number of hydrogen-bond donors (Lipinski definition) is 0. The summed E-state index contributed by atoms with van der Waals surface area (Å²) in [5.74, 6) is 0.840. The minimum absolute atomic E-state index is 0. The Balaban J connectivity index is 0.00000471. The van der Waals surface area contributed by atoms with E-state index < -0.39 is 0 Å². The van der Waals surface area contributed by atoms with Gasteiger partial charge < -0.3 is 9.47 Å². The normalized spacial score (nSPS) is 11.3. The average Bonchev–Trinajstić information content (AvgIpc) is 3.84. The van der Waals surface area contributed by atoms with Gasteiger partial charge in [-0.15, -0.1) is 29.7 Å². The third kappa shape index (κ3) is 6.95. The van der Waals surface area contributed by atoms with Crippen molar-refractivity contribution in [2.24, 2.45) is 7.05 Å². The topological polar surface area (TPSA) is 30.9 Å². The number of fused-ring (bicyclic) bond motifs is 4. The molecule has 0 aliphatic heterocycles. The molecule has 0 saturated heterocycles. The Hall–Kier alpha value is -7.33. The fourth-order valence-electron chi connectivity index (χ4n) is 9.24. The Kier molecular flexibility index (Phi) is 10.4. The number of hydrogen-bond acceptors (Lipinski definition) is 2. The summed E-state index contributed by atoms with van der Waals surface area (Å²) in [5, 5.41) is 2.25. The number of para-hydroxylation sites is 4. The molecule has 0 bridgehead atoms. The first-order valence-corrected chi connectivity index (χ1v) is 21.0. The van der Waals surface area contributed by atoms with Crippen molar-refractivity contribution < 1.29 is 21.1 Å². The summed E-state index contributed by atoms with van der Waals surface area (Å²) in [5.41, 5.74) is 17.3. The van der Waals surface area contributed by atoms with E-state index in [0.29, 0.717) is 0 Å². The smallest absolute Gasteiger partial charge is 0.188 e. The van der Waals surface area contributed by atoms with Crippen LogP contribution in [0.2, 0.25) is 0 Å². The number of nitrogens with zero attached hydrogens (tertiary/aromatic N) is 5. The third-order valence-corrected chi connectivity index (χ3v) is 12.1. The van der Waals surface area contributed by atoms with Gasteiger partial charge in [0.1, 0.15) is 5.82 Å². The van der Waals surface area contributed by atoms with Gasteiger partial charge in [0.25, 0.3) is 0 Å². The van der Waals surface area contributed by atoms with E-state index in [1.54, 1.807) is 0 Å². The predicted molar refractivity (Wildman–Crippen MR) is 257 cm³/mol. The molecular formula is C57H42N5Pt-. The summed E-state index contributed by atoms with van der Waals surface area (Å²) in [4.78, 5) is 7.40. The van der Waals surface area contributed by atoms with Gasteiger partial charge in [-0.2, -0.15) is 12.1 Å². The molecule has 0 radical (unpaired) electrons. The second kappa shape index (κ2) is 16.5. The van der Waals surface area contributed by atoms with Crippen molar-refractivity contribution in [2.75, 3.05) is 4.90 Å². The van der Waals surface area contributed by atoms with Crippen LogP contribution >= 0.6 is 0 Å². The van der Waals surface area contributed by atoms with Crippen molar-refractivity contribution in [3.63, 3.8) is 0 Å². The van der Waals surface area contributed by atoms with Crippen molar-refractivity contribution in [1.29, 1.82) is 0 Å². The first-order valence-electron chi connectivity index (χ1n) is 21.0. The quantitative estimate of drug-likeness (QED) is 0.142. The van der Waals surface area contributed by atoms with Crippen LogP contribution in [-0.4, -0.2) is 18.7 Å². The number of aromatic nitrogens is 4. The van der Waals surface area contributed by atoms with Gasteiger partial charge in [-0.25, -0.2) is 14.1 Å². The first kappa shape index (κ1) is 39.8. The Labute approximate surface area is 382 Å². The van der Waals surface area contributed by atoms with E-state index in [2.05, 4.69) is 246 Å². The van der Waals surface area contributed by atoms with E-state index in [0.717, 1.165) is 89.2 Å². The van der Waals surface area contributed by atoms with Gasteiger partial charge in [-0.05, 0) is 82.9 Å². The van der Waals surface area contributed by atoms with E-state index in [9.17, 15) is 0 Å². The van der Waals surface area contributed by atoms with E-state index >= 15 is 0 Å². The molecule has 0 unspecified atom stereocenters. The molecule has 11 aromatic rings. The molecule has 5 nitrogen and oxygen atoms in total. The molecular weight excluding hydrogens is 950 g/mol. The zero-order chi connectivity index (χ0) is 41.7. The van der Waals surface area contributed by atoms with Crippen molar-refractivity contribution in [1.82, 2.24) is 18.7 Å². The summed E-state index contributed by atoms with van der Waals surface area (Å²) in [6.45, 7) is 4.36. The number of aryl methyl sites for hydroxylation is 3. The van der Waals surface area contributed by atoms with Crippen molar-refractivity contribution in [2.45, 2.75) is 13.8 Å². The maximum atomic E-state index is 5.06. The van der Waals surface area contributed by atoms with Crippen molar-refractivity contribution in [3.05, 3.63) is 224 Å². The molecule has 306 valence electrons. The number of benzene rings is 8. The fourth-order valence-corrected chi connectivity index (χ4v) is 9.24. The monoisotopic (exact) mass is 991 g/mol. The molecule has 0 aliphatic rings. The van der Waals surface area contributed by atoms with Crippen LogP contribution in [0, 0.1) is 26.0 Å². The Morgan fingerprint density at radius 3 is 1.84 bits per heavy atom. The van der Waals surface area contributed by atoms with Crippen LogP contribution in [0.25, 0.3) is 77.7 Å². The maximum absolute atomic E-state index is 5.06. The van der Waals surface area contributed by atoms with E-state index in [1.165, 1.54) is 16.7 Å². The third-order valence-electron chi connectivity index (χ3n) is 12.1. The van der Waals surface area contributed by atoms with Crippen LogP contribution < -0.4 is 4.90 Å². The molecule has 0 saturated carbocycles. The number of rotatable bonds is 8. The Morgan fingerprint density at radius 1 is 0.524 bits per heavy atom. The van der Waals surface area contributed by atoms with Crippen LogP contribution in [0.4, 0.5) is 17.1 Å². The summed E-state index contributed by atoms with van der Waals surface area (Å²) < 4.78 is 6.66. The van der Waals surface area contributed by atoms with Crippen LogP contribution in [-0.2, 0) is 28.1 Å². The average molecular weight is 992 g/mol. The SMILES string of the molecule is Cc1cccc(C)c1-c1ccnc(-n2c3[c-]c(N(c4[c-]c(-n5[cH+]n(C)c6ccccc65)ccc4)c4c(-c5ccccc5)cccc4-c4ccccc4)ccc3c3ccccc32)c1.[Pt]. The van der Waals surface area contributed by atoms with Crippen molar-refractivity contribution in [3.8, 4) is 44.9 Å². The number of pyridine rings is 1. The molecule has 0 aliphatic carbocycles. The molecule has 0 N–H and O–H groups in total. The summed E-state index contributed by atoms with van der Waals surface area (Å²) in [7, 11) is 2.09. The Bertz CT molecular complexity index is 3380. The summed E-state index contributed by atoms with van der Waals surface area (Å²) in [6, 6.07) is 74.7. The van der Waals surface area contributed by atoms with Crippen LogP contribution in [0.15, 0.2) is 201 Å². The van der Waals surface area contributed by atoms with Crippen molar-refractivity contribution >= 4 is 49.9 Å². The molecule has 11 rings (SSSR count). The number of anilines is 3. The van der Waals surface area contributed by atoms with Crippen LogP contribution in [0.3, 0.4) is 0 Å². The largest absolute Gasteiger partial charge is 0.357 e. The van der Waals surface area contributed by atoms with Gasteiger partial charge in [-0.1, -0.05) is 138 Å². The molecule has 8 aromatic carbocycles. The molecule has 0 amide bonds. The zero-order valence-corrected chi connectivity index (χ0v) is 37.4. The van der Waals surface area contributed by atoms with Gasteiger partial charge in [0.05, 0.1) is 5.69 Å². The van der Waals surface area contributed by atoms with E-state index in [4.69, 9.17) is 4.98 Å². The minimum atomic E-state index is 0. The fraction of sp³-hybridized carbons (Fsp3) is 0.0526.